The lowest BCUT2D eigenvalue weighted by Crippen LogP contribution is -2.36. The molecule has 2 nitrogen and oxygen atoms in total. The maximum absolute atomic E-state index is 13.8. The predicted octanol–water partition coefficient (Wildman–Crippen LogP) is 3.22. The molecule has 21 heavy (non-hydrogen) atoms. The summed E-state index contributed by atoms with van der Waals surface area (Å²) in [7, 11) is 0. The first-order chi connectivity index (χ1) is 10.1. The summed E-state index contributed by atoms with van der Waals surface area (Å²) >= 11 is 0. The van der Waals surface area contributed by atoms with Crippen LogP contribution in [0.5, 0.6) is 0 Å². The van der Waals surface area contributed by atoms with Crippen molar-refractivity contribution in [2.75, 3.05) is 6.61 Å². The number of halogens is 2. The molecule has 0 fully saturated rings. The average Bonchev–Trinajstić information content (AvgIpc) is 2.50. The van der Waals surface area contributed by atoms with E-state index in [1.165, 1.54) is 6.07 Å². The van der Waals surface area contributed by atoms with Crippen LogP contribution in [0.4, 0.5) is 8.78 Å². The number of hydrogen-bond acceptors (Lipinski definition) is 2. The monoisotopic (exact) mass is 291 g/mol. The van der Waals surface area contributed by atoms with Gasteiger partial charge in [-0.05, 0) is 25.0 Å². The summed E-state index contributed by atoms with van der Waals surface area (Å²) in [5, 5.41) is 12.6. The van der Waals surface area contributed by atoms with E-state index in [-0.39, 0.29) is 24.3 Å². The van der Waals surface area contributed by atoms with Crippen molar-refractivity contribution in [1.29, 1.82) is 0 Å². The van der Waals surface area contributed by atoms with Crippen molar-refractivity contribution in [1.82, 2.24) is 5.32 Å². The van der Waals surface area contributed by atoms with Gasteiger partial charge in [0.05, 0.1) is 6.61 Å². The SMILES string of the molecule is CC(N[C@H](CO)Cc1ccccc1)c1cccc(F)c1F. The Balaban J connectivity index is 2.06. The summed E-state index contributed by atoms with van der Waals surface area (Å²) in [4.78, 5) is 0. The molecule has 2 N–H and O–H groups in total. The van der Waals surface area contributed by atoms with Crippen LogP contribution in [0, 0.1) is 11.6 Å². The fourth-order valence-electron chi connectivity index (χ4n) is 2.37. The third-order valence-corrected chi connectivity index (χ3v) is 3.48. The number of hydrogen-bond donors (Lipinski definition) is 2. The molecule has 0 saturated carbocycles. The van der Waals surface area contributed by atoms with Crippen LogP contribution < -0.4 is 5.32 Å². The minimum Gasteiger partial charge on any atom is -0.395 e. The summed E-state index contributed by atoms with van der Waals surface area (Å²) < 4.78 is 27.0. The van der Waals surface area contributed by atoms with Crippen LogP contribution in [0.3, 0.4) is 0 Å². The molecule has 2 aromatic carbocycles. The molecule has 2 atom stereocenters. The van der Waals surface area contributed by atoms with Gasteiger partial charge in [0.2, 0.25) is 0 Å². The van der Waals surface area contributed by atoms with Crippen molar-refractivity contribution < 1.29 is 13.9 Å². The van der Waals surface area contributed by atoms with E-state index >= 15 is 0 Å². The first-order valence-electron chi connectivity index (χ1n) is 6.96. The summed E-state index contributed by atoms with van der Waals surface area (Å²) in [6.07, 6.45) is 0.624. The van der Waals surface area contributed by atoms with Gasteiger partial charge in [0.1, 0.15) is 0 Å². The van der Waals surface area contributed by atoms with Gasteiger partial charge in [-0.1, -0.05) is 42.5 Å². The van der Waals surface area contributed by atoms with Crippen molar-refractivity contribution >= 4 is 0 Å². The van der Waals surface area contributed by atoms with Crippen molar-refractivity contribution in [2.45, 2.75) is 25.4 Å². The van der Waals surface area contributed by atoms with Crippen LogP contribution in [-0.4, -0.2) is 17.8 Å². The molecule has 0 amide bonds. The smallest absolute Gasteiger partial charge is 0.163 e. The maximum Gasteiger partial charge on any atom is 0.163 e. The van der Waals surface area contributed by atoms with Gasteiger partial charge in [-0.15, -0.1) is 0 Å². The largest absolute Gasteiger partial charge is 0.395 e. The summed E-state index contributed by atoms with van der Waals surface area (Å²) in [6.45, 7) is 1.68. The standard InChI is InChI=1S/C17H19F2NO/c1-12(15-8-5-9-16(18)17(15)19)20-14(11-21)10-13-6-3-2-4-7-13/h2-9,12,14,20-21H,10-11H2,1H3/t12?,14-/m0/s1. The van der Waals surface area contributed by atoms with Gasteiger partial charge in [0.15, 0.2) is 11.6 Å². The van der Waals surface area contributed by atoms with Crippen LogP contribution in [0.15, 0.2) is 48.5 Å². The second kappa shape index (κ2) is 7.29. The van der Waals surface area contributed by atoms with E-state index in [2.05, 4.69) is 5.32 Å². The molecule has 0 aromatic heterocycles. The van der Waals surface area contributed by atoms with Crippen LogP contribution in [0.1, 0.15) is 24.1 Å². The maximum atomic E-state index is 13.8. The highest BCUT2D eigenvalue weighted by Gasteiger charge is 2.17. The Morgan fingerprint density at radius 3 is 2.43 bits per heavy atom. The Labute approximate surface area is 123 Å². The zero-order valence-corrected chi connectivity index (χ0v) is 11.9. The molecule has 0 radical (unpaired) electrons. The Bertz CT molecular complexity index is 574. The fourth-order valence-corrected chi connectivity index (χ4v) is 2.37. The molecule has 2 aromatic rings. The lowest BCUT2D eigenvalue weighted by atomic mass is 10.0. The normalized spacial score (nSPS) is 13.9. The van der Waals surface area contributed by atoms with Crippen LogP contribution in [0.2, 0.25) is 0 Å². The highest BCUT2D eigenvalue weighted by Crippen LogP contribution is 2.19. The third-order valence-electron chi connectivity index (χ3n) is 3.48. The molecular weight excluding hydrogens is 272 g/mol. The Morgan fingerprint density at radius 1 is 1.05 bits per heavy atom. The van der Waals surface area contributed by atoms with Crippen molar-refractivity contribution in [2.24, 2.45) is 0 Å². The van der Waals surface area contributed by atoms with Crippen LogP contribution in [-0.2, 0) is 6.42 Å². The number of rotatable bonds is 6. The minimum atomic E-state index is -0.857. The topological polar surface area (TPSA) is 32.3 Å². The van der Waals surface area contributed by atoms with Gasteiger partial charge in [-0.2, -0.15) is 0 Å². The van der Waals surface area contributed by atoms with Gasteiger partial charge >= 0.3 is 0 Å². The zero-order valence-electron chi connectivity index (χ0n) is 11.9. The number of benzene rings is 2. The molecule has 0 spiro atoms. The van der Waals surface area contributed by atoms with E-state index in [9.17, 15) is 13.9 Å². The van der Waals surface area contributed by atoms with Gasteiger partial charge in [0.25, 0.3) is 0 Å². The minimum absolute atomic E-state index is 0.0732. The lowest BCUT2D eigenvalue weighted by Gasteiger charge is -2.22. The van der Waals surface area contributed by atoms with E-state index in [0.717, 1.165) is 11.6 Å². The fraction of sp³-hybridized carbons (Fsp3) is 0.294. The molecule has 0 aliphatic carbocycles. The van der Waals surface area contributed by atoms with E-state index in [4.69, 9.17) is 0 Å². The average molecular weight is 291 g/mol. The number of aliphatic hydroxyl groups is 1. The molecule has 1 unspecified atom stereocenters. The second-order valence-electron chi connectivity index (χ2n) is 5.10. The van der Waals surface area contributed by atoms with Gasteiger partial charge in [0, 0.05) is 17.6 Å². The summed E-state index contributed by atoms with van der Waals surface area (Å²) in [6, 6.07) is 13.2. The Kier molecular flexibility index (Phi) is 5.42. The third kappa shape index (κ3) is 4.09. The summed E-state index contributed by atoms with van der Waals surface area (Å²) in [5.41, 5.74) is 1.34. The van der Waals surface area contributed by atoms with Crippen molar-refractivity contribution in [3.8, 4) is 0 Å². The second-order valence-corrected chi connectivity index (χ2v) is 5.10. The summed E-state index contributed by atoms with van der Waals surface area (Å²) in [5.74, 6) is -1.70. The van der Waals surface area contributed by atoms with E-state index in [0.29, 0.717) is 6.42 Å². The van der Waals surface area contributed by atoms with E-state index in [1.54, 1.807) is 13.0 Å². The van der Waals surface area contributed by atoms with Gasteiger partial charge in [-0.3, -0.25) is 0 Å². The molecule has 4 heteroatoms. The molecular formula is C17H19F2NO. The number of nitrogens with one attached hydrogen (secondary N) is 1. The first kappa shape index (κ1) is 15.6. The molecule has 0 aliphatic heterocycles. The predicted molar refractivity (Wildman–Crippen MR) is 78.9 cm³/mol. The molecule has 0 aliphatic rings. The van der Waals surface area contributed by atoms with Gasteiger partial charge < -0.3 is 10.4 Å². The molecule has 0 bridgehead atoms. The van der Waals surface area contributed by atoms with Gasteiger partial charge in [-0.25, -0.2) is 8.78 Å². The van der Waals surface area contributed by atoms with E-state index < -0.39 is 11.6 Å². The van der Waals surface area contributed by atoms with Crippen LogP contribution >= 0.6 is 0 Å². The first-order valence-corrected chi connectivity index (χ1v) is 6.96. The highest BCUT2D eigenvalue weighted by molar-refractivity contribution is 5.22. The zero-order chi connectivity index (χ0) is 15.2. The lowest BCUT2D eigenvalue weighted by molar-refractivity contribution is 0.231. The Hall–Kier alpha value is -1.78. The van der Waals surface area contributed by atoms with Crippen LogP contribution in [0.25, 0.3) is 0 Å². The number of aliphatic hydroxyl groups excluding tert-OH is 1. The quantitative estimate of drug-likeness (QED) is 0.856. The molecule has 2 rings (SSSR count). The molecule has 0 heterocycles. The van der Waals surface area contributed by atoms with Crippen molar-refractivity contribution in [3.05, 3.63) is 71.3 Å². The molecule has 0 saturated heterocycles. The van der Waals surface area contributed by atoms with Crippen molar-refractivity contribution in [3.63, 3.8) is 0 Å². The van der Waals surface area contributed by atoms with E-state index in [1.807, 2.05) is 30.3 Å². The Morgan fingerprint density at radius 2 is 1.76 bits per heavy atom. The highest BCUT2D eigenvalue weighted by atomic mass is 19.2. The molecule has 112 valence electrons.